The van der Waals surface area contributed by atoms with Gasteiger partial charge in [0.25, 0.3) is 0 Å². The molecule has 0 saturated heterocycles. The highest BCUT2D eigenvalue weighted by molar-refractivity contribution is 5.98. The van der Waals surface area contributed by atoms with E-state index in [1.54, 1.807) is 19.1 Å². The summed E-state index contributed by atoms with van der Waals surface area (Å²) in [7, 11) is 0. The summed E-state index contributed by atoms with van der Waals surface area (Å²) in [6.45, 7) is 6.55. The molecule has 0 aliphatic heterocycles. The second-order valence-corrected chi connectivity index (χ2v) is 4.73. The van der Waals surface area contributed by atoms with Crippen LogP contribution in [0.15, 0.2) is 18.2 Å². The summed E-state index contributed by atoms with van der Waals surface area (Å²) < 4.78 is 10.5. The van der Waals surface area contributed by atoms with Crippen molar-refractivity contribution in [2.75, 3.05) is 37.4 Å². The smallest absolute Gasteiger partial charge is 0.340 e. The third-order valence-electron chi connectivity index (χ3n) is 3.02. The first kappa shape index (κ1) is 17.3. The number of anilines is 2. The van der Waals surface area contributed by atoms with Gasteiger partial charge in [-0.25, -0.2) is 4.79 Å². The number of hydrogen-bond donors (Lipinski definition) is 2. The maximum absolute atomic E-state index is 11.7. The van der Waals surface area contributed by atoms with Crippen LogP contribution in [0.1, 0.15) is 43.5 Å². The number of nitrogens with one attached hydrogen (secondary N) is 1. The van der Waals surface area contributed by atoms with Gasteiger partial charge in [-0.05, 0) is 31.9 Å². The van der Waals surface area contributed by atoms with E-state index in [9.17, 15) is 4.79 Å². The number of ether oxygens (including phenoxy) is 2. The van der Waals surface area contributed by atoms with Gasteiger partial charge >= 0.3 is 5.97 Å². The summed E-state index contributed by atoms with van der Waals surface area (Å²) in [6.07, 6.45) is 3.14. The van der Waals surface area contributed by atoms with Crippen LogP contribution in [0.5, 0.6) is 0 Å². The highest BCUT2D eigenvalue weighted by Crippen LogP contribution is 2.23. The van der Waals surface area contributed by atoms with Gasteiger partial charge in [-0.3, -0.25) is 0 Å². The molecule has 3 N–H and O–H groups in total. The zero-order chi connectivity index (χ0) is 15.5. The Morgan fingerprint density at radius 2 is 2.00 bits per heavy atom. The van der Waals surface area contributed by atoms with Gasteiger partial charge in [-0.1, -0.05) is 19.4 Å². The second kappa shape index (κ2) is 10.0. The molecule has 118 valence electrons. The standard InChI is InChI=1S/C16H26N2O3/c1-3-5-11-20-12-7-10-18-14-9-6-8-13(15(14)17)16(19)21-4-2/h6,8-9,18H,3-5,7,10-12,17H2,1-2H3. The fraction of sp³-hybridized carbons (Fsp3) is 0.562. The van der Waals surface area contributed by atoms with E-state index in [4.69, 9.17) is 15.2 Å². The van der Waals surface area contributed by atoms with Crippen molar-refractivity contribution in [2.45, 2.75) is 33.1 Å². The van der Waals surface area contributed by atoms with E-state index in [0.717, 1.165) is 44.7 Å². The molecular formula is C16H26N2O3. The molecule has 1 rings (SSSR count). The average molecular weight is 294 g/mol. The summed E-state index contributed by atoms with van der Waals surface area (Å²) in [4.78, 5) is 11.7. The Bertz CT molecular complexity index is 436. The third-order valence-corrected chi connectivity index (χ3v) is 3.02. The van der Waals surface area contributed by atoms with Gasteiger partial charge in [0.05, 0.1) is 23.5 Å². The first-order valence-electron chi connectivity index (χ1n) is 7.57. The molecule has 0 spiro atoms. The molecule has 0 bridgehead atoms. The van der Waals surface area contributed by atoms with Gasteiger partial charge in [-0.2, -0.15) is 0 Å². The lowest BCUT2D eigenvalue weighted by Crippen LogP contribution is -2.12. The number of carbonyl (C=O) groups is 1. The lowest BCUT2D eigenvalue weighted by molar-refractivity contribution is 0.0527. The molecule has 0 aliphatic rings. The van der Waals surface area contributed by atoms with Crippen molar-refractivity contribution < 1.29 is 14.3 Å². The van der Waals surface area contributed by atoms with Crippen LogP contribution < -0.4 is 11.1 Å². The predicted octanol–water partition coefficient (Wildman–Crippen LogP) is 3.06. The van der Waals surface area contributed by atoms with Gasteiger partial charge in [0.1, 0.15) is 0 Å². The van der Waals surface area contributed by atoms with Crippen molar-refractivity contribution in [3.8, 4) is 0 Å². The van der Waals surface area contributed by atoms with Gasteiger partial charge in [0.2, 0.25) is 0 Å². The number of esters is 1. The first-order valence-corrected chi connectivity index (χ1v) is 7.57. The lowest BCUT2D eigenvalue weighted by atomic mass is 10.1. The van der Waals surface area contributed by atoms with E-state index >= 15 is 0 Å². The number of nitrogen functional groups attached to an aromatic ring is 1. The molecule has 0 saturated carbocycles. The van der Waals surface area contributed by atoms with Crippen LogP contribution in [0.2, 0.25) is 0 Å². The Hall–Kier alpha value is -1.75. The van der Waals surface area contributed by atoms with Crippen molar-refractivity contribution in [2.24, 2.45) is 0 Å². The molecule has 0 atom stereocenters. The highest BCUT2D eigenvalue weighted by Gasteiger charge is 2.12. The van der Waals surface area contributed by atoms with Crippen molar-refractivity contribution in [1.82, 2.24) is 0 Å². The van der Waals surface area contributed by atoms with Gasteiger partial charge < -0.3 is 20.5 Å². The molecule has 0 amide bonds. The number of benzene rings is 1. The van der Waals surface area contributed by atoms with Crippen LogP contribution in [-0.4, -0.2) is 32.3 Å². The summed E-state index contributed by atoms with van der Waals surface area (Å²) in [5.41, 5.74) is 7.60. The normalized spacial score (nSPS) is 10.4. The zero-order valence-electron chi connectivity index (χ0n) is 13.0. The quantitative estimate of drug-likeness (QED) is 0.394. The summed E-state index contributed by atoms with van der Waals surface area (Å²) in [5, 5.41) is 3.23. The molecule has 21 heavy (non-hydrogen) atoms. The van der Waals surface area contributed by atoms with Crippen molar-refractivity contribution in [3.05, 3.63) is 23.8 Å². The number of unbranched alkanes of at least 4 members (excludes halogenated alkanes) is 1. The number of nitrogens with two attached hydrogens (primary N) is 1. The zero-order valence-corrected chi connectivity index (χ0v) is 13.0. The Balaban J connectivity index is 2.41. The van der Waals surface area contributed by atoms with Crippen molar-refractivity contribution >= 4 is 17.3 Å². The van der Waals surface area contributed by atoms with Crippen LogP contribution in [-0.2, 0) is 9.47 Å². The molecule has 0 fully saturated rings. The largest absolute Gasteiger partial charge is 0.462 e. The molecule has 5 heteroatoms. The SMILES string of the molecule is CCCCOCCCNc1cccc(C(=O)OCC)c1N. The van der Waals surface area contributed by atoms with Gasteiger partial charge in [-0.15, -0.1) is 0 Å². The van der Waals surface area contributed by atoms with E-state index < -0.39 is 0 Å². The molecule has 1 aromatic carbocycles. The predicted molar refractivity (Wildman–Crippen MR) is 85.6 cm³/mol. The molecule has 0 heterocycles. The Morgan fingerprint density at radius 3 is 2.71 bits per heavy atom. The minimum Gasteiger partial charge on any atom is -0.462 e. The van der Waals surface area contributed by atoms with Crippen LogP contribution in [0.25, 0.3) is 0 Å². The number of carbonyl (C=O) groups excluding carboxylic acids is 1. The molecule has 0 radical (unpaired) electrons. The molecule has 5 nitrogen and oxygen atoms in total. The fourth-order valence-corrected chi connectivity index (χ4v) is 1.85. The van der Waals surface area contributed by atoms with Crippen LogP contribution >= 0.6 is 0 Å². The van der Waals surface area contributed by atoms with E-state index in [1.165, 1.54) is 0 Å². The Kier molecular flexibility index (Phi) is 8.28. The van der Waals surface area contributed by atoms with E-state index in [0.29, 0.717) is 17.9 Å². The van der Waals surface area contributed by atoms with Crippen LogP contribution in [0.3, 0.4) is 0 Å². The summed E-state index contributed by atoms with van der Waals surface area (Å²) in [6, 6.07) is 5.32. The maximum atomic E-state index is 11.7. The molecule has 0 unspecified atom stereocenters. The second-order valence-electron chi connectivity index (χ2n) is 4.73. The Morgan fingerprint density at radius 1 is 1.24 bits per heavy atom. The van der Waals surface area contributed by atoms with Gasteiger partial charge in [0.15, 0.2) is 0 Å². The topological polar surface area (TPSA) is 73.6 Å². The molecule has 1 aromatic rings. The van der Waals surface area contributed by atoms with Crippen molar-refractivity contribution in [3.63, 3.8) is 0 Å². The maximum Gasteiger partial charge on any atom is 0.340 e. The van der Waals surface area contributed by atoms with Crippen molar-refractivity contribution in [1.29, 1.82) is 0 Å². The average Bonchev–Trinajstić information content (AvgIpc) is 2.48. The highest BCUT2D eigenvalue weighted by atomic mass is 16.5. The van der Waals surface area contributed by atoms with Gasteiger partial charge in [0, 0.05) is 19.8 Å². The lowest BCUT2D eigenvalue weighted by Gasteiger charge is -2.12. The fourth-order valence-electron chi connectivity index (χ4n) is 1.85. The molecule has 0 aromatic heterocycles. The number of rotatable bonds is 10. The van der Waals surface area contributed by atoms with E-state index in [-0.39, 0.29) is 5.97 Å². The number of hydrogen-bond acceptors (Lipinski definition) is 5. The first-order chi connectivity index (χ1) is 10.2. The minimum atomic E-state index is -0.387. The summed E-state index contributed by atoms with van der Waals surface area (Å²) in [5.74, 6) is -0.387. The van der Waals surface area contributed by atoms with E-state index in [1.807, 2.05) is 6.07 Å². The van der Waals surface area contributed by atoms with Crippen LogP contribution in [0.4, 0.5) is 11.4 Å². The third kappa shape index (κ3) is 6.04. The molecular weight excluding hydrogens is 268 g/mol. The number of para-hydroxylation sites is 1. The monoisotopic (exact) mass is 294 g/mol. The van der Waals surface area contributed by atoms with Crippen LogP contribution in [0, 0.1) is 0 Å². The minimum absolute atomic E-state index is 0.338. The molecule has 0 aliphatic carbocycles. The van der Waals surface area contributed by atoms with E-state index in [2.05, 4.69) is 12.2 Å². The summed E-state index contributed by atoms with van der Waals surface area (Å²) >= 11 is 0. The Labute approximate surface area is 126 Å².